The predicted octanol–water partition coefficient (Wildman–Crippen LogP) is 2.77. The molecule has 0 amide bonds. The highest BCUT2D eigenvalue weighted by Gasteiger charge is 2.03. The summed E-state index contributed by atoms with van der Waals surface area (Å²) in [6.07, 6.45) is 8.82. The zero-order valence-corrected chi connectivity index (χ0v) is 11.7. The number of aryl methyl sites for hydroxylation is 1. The van der Waals surface area contributed by atoms with Crippen LogP contribution in [0.25, 0.3) is 0 Å². The number of aromatic nitrogens is 2. The first-order valence-electron chi connectivity index (χ1n) is 6.79. The lowest BCUT2D eigenvalue weighted by Gasteiger charge is -2.14. The van der Waals surface area contributed by atoms with E-state index in [-0.39, 0.29) is 0 Å². The van der Waals surface area contributed by atoms with E-state index in [1.807, 2.05) is 19.4 Å². The number of imidazole rings is 1. The molecule has 0 saturated heterocycles. The van der Waals surface area contributed by atoms with Gasteiger partial charge < -0.3 is 9.88 Å². The van der Waals surface area contributed by atoms with Crippen molar-refractivity contribution < 1.29 is 0 Å². The Morgan fingerprint density at radius 2 is 2.06 bits per heavy atom. The predicted molar refractivity (Wildman–Crippen MR) is 73.1 cm³/mol. The van der Waals surface area contributed by atoms with Crippen LogP contribution in [-0.2, 0) is 13.5 Å². The summed E-state index contributed by atoms with van der Waals surface area (Å²) < 4.78 is 2.09. The lowest BCUT2D eigenvalue weighted by molar-refractivity contribution is 0.457. The van der Waals surface area contributed by atoms with Crippen LogP contribution >= 0.6 is 0 Å². The fourth-order valence-corrected chi connectivity index (χ4v) is 2.00. The number of hydrogen-bond donors (Lipinski definition) is 1. The number of nitrogens with one attached hydrogen (secondary N) is 1. The molecule has 0 bridgehead atoms. The smallest absolute Gasteiger partial charge is 0.109 e. The van der Waals surface area contributed by atoms with Crippen LogP contribution in [0.4, 0.5) is 0 Å². The first-order chi connectivity index (χ1) is 8.09. The second kappa shape index (κ2) is 7.49. The van der Waals surface area contributed by atoms with Crippen molar-refractivity contribution in [2.24, 2.45) is 13.0 Å². The molecule has 0 saturated carbocycles. The van der Waals surface area contributed by atoms with Crippen LogP contribution in [0.2, 0.25) is 0 Å². The van der Waals surface area contributed by atoms with E-state index >= 15 is 0 Å². The average molecular weight is 237 g/mol. The Labute approximate surface area is 106 Å². The Balaban J connectivity index is 2.08. The van der Waals surface area contributed by atoms with E-state index in [1.165, 1.54) is 19.3 Å². The molecular formula is C14H27N3. The van der Waals surface area contributed by atoms with Gasteiger partial charge in [0.15, 0.2) is 0 Å². The molecule has 1 atom stereocenters. The van der Waals surface area contributed by atoms with Crippen LogP contribution in [-0.4, -0.2) is 22.1 Å². The van der Waals surface area contributed by atoms with Gasteiger partial charge >= 0.3 is 0 Å². The van der Waals surface area contributed by atoms with Gasteiger partial charge in [0, 0.05) is 38.4 Å². The molecule has 3 nitrogen and oxygen atoms in total. The maximum atomic E-state index is 4.32. The van der Waals surface area contributed by atoms with Gasteiger partial charge in [-0.15, -0.1) is 0 Å². The summed E-state index contributed by atoms with van der Waals surface area (Å²) in [5.74, 6) is 1.99. The van der Waals surface area contributed by atoms with Crippen molar-refractivity contribution in [1.29, 1.82) is 0 Å². The second-order valence-electron chi connectivity index (χ2n) is 5.38. The normalized spacial score (nSPS) is 13.2. The van der Waals surface area contributed by atoms with Crippen molar-refractivity contribution >= 4 is 0 Å². The molecule has 98 valence electrons. The van der Waals surface area contributed by atoms with E-state index in [0.29, 0.717) is 6.04 Å². The Hall–Kier alpha value is -0.830. The van der Waals surface area contributed by atoms with Crippen LogP contribution in [0.1, 0.15) is 45.9 Å². The Bertz CT molecular complexity index is 304. The van der Waals surface area contributed by atoms with Gasteiger partial charge in [-0.05, 0) is 19.3 Å². The molecule has 1 unspecified atom stereocenters. The molecule has 17 heavy (non-hydrogen) atoms. The van der Waals surface area contributed by atoms with Gasteiger partial charge in [-0.2, -0.15) is 0 Å². The number of hydrogen-bond acceptors (Lipinski definition) is 2. The summed E-state index contributed by atoms with van der Waals surface area (Å²) in [4.78, 5) is 4.32. The lowest BCUT2D eigenvalue weighted by Crippen LogP contribution is -2.28. The maximum Gasteiger partial charge on any atom is 0.109 e. The summed E-state index contributed by atoms with van der Waals surface area (Å²) in [6, 6.07) is 0.619. The van der Waals surface area contributed by atoms with Crippen molar-refractivity contribution in [2.75, 3.05) is 6.54 Å². The van der Waals surface area contributed by atoms with E-state index in [4.69, 9.17) is 0 Å². The molecule has 0 fully saturated rings. The van der Waals surface area contributed by atoms with Crippen LogP contribution in [0.15, 0.2) is 12.4 Å². The van der Waals surface area contributed by atoms with E-state index < -0.39 is 0 Å². The lowest BCUT2D eigenvalue weighted by atomic mass is 10.0. The molecule has 1 N–H and O–H groups in total. The fraction of sp³-hybridized carbons (Fsp3) is 0.786. The van der Waals surface area contributed by atoms with Crippen LogP contribution < -0.4 is 5.32 Å². The van der Waals surface area contributed by atoms with Gasteiger partial charge in [-0.1, -0.05) is 26.7 Å². The molecule has 1 aromatic rings. The summed E-state index contributed by atoms with van der Waals surface area (Å²) in [5, 5.41) is 3.57. The van der Waals surface area contributed by atoms with E-state index in [9.17, 15) is 0 Å². The third-order valence-corrected chi connectivity index (χ3v) is 3.18. The third kappa shape index (κ3) is 5.87. The summed E-state index contributed by atoms with van der Waals surface area (Å²) in [7, 11) is 2.05. The summed E-state index contributed by atoms with van der Waals surface area (Å²) >= 11 is 0. The summed E-state index contributed by atoms with van der Waals surface area (Å²) in [6.45, 7) is 7.88. The minimum atomic E-state index is 0.619. The quantitative estimate of drug-likeness (QED) is 0.753. The zero-order chi connectivity index (χ0) is 12.7. The molecule has 3 heteroatoms. The number of rotatable bonds is 8. The molecule has 0 aliphatic rings. The van der Waals surface area contributed by atoms with Gasteiger partial charge in [0.2, 0.25) is 0 Å². The van der Waals surface area contributed by atoms with Crippen molar-refractivity contribution in [3.05, 3.63) is 18.2 Å². The maximum absolute atomic E-state index is 4.32. The van der Waals surface area contributed by atoms with Crippen LogP contribution in [0.3, 0.4) is 0 Å². The van der Waals surface area contributed by atoms with Gasteiger partial charge in [0.05, 0.1) is 0 Å². The molecule has 1 rings (SSSR count). The fourth-order valence-electron chi connectivity index (χ4n) is 2.00. The van der Waals surface area contributed by atoms with Gasteiger partial charge in [0.1, 0.15) is 5.82 Å². The molecule has 0 radical (unpaired) electrons. The van der Waals surface area contributed by atoms with E-state index in [2.05, 4.69) is 35.6 Å². The highest BCUT2D eigenvalue weighted by molar-refractivity contribution is 4.91. The Morgan fingerprint density at radius 3 is 2.65 bits per heavy atom. The SMILES string of the molecule is CC(C)CCCC(C)NCCc1nccn1C. The van der Waals surface area contributed by atoms with Gasteiger partial charge in [0.25, 0.3) is 0 Å². The molecule has 0 spiro atoms. The molecular weight excluding hydrogens is 210 g/mol. The minimum Gasteiger partial charge on any atom is -0.338 e. The first kappa shape index (κ1) is 14.2. The Kier molecular flexibility index (Phi) is 6.27. The largest absolute Gasteiger partial charge is 0.338 e. The number of nitrogens with zero attached hydrogens (tertiary/aromatic N) is 2. The average Bonchev–Trinajstić information content (AvgIpc) is 2.64. The zero-order valence-electron chi connectivity index (χ0n) is 11.7. The monoisotopic (exact) mass is 237 g/mol. The second-order valence-corrected chi connectivity index (χ2v) is 5.38. The highest BCUT2D eigenvalue weighted by atomic mass is 15.0. The van der Waals surface area contributed by atoms with E-state index in [0.717, 1.165) is 24.7 Å². The van der Waals surface area contributed by atoms with Gasteiger partial charge in [-0.25, -0.2) is 4.98 Å². The summed E-state index contributed by atoms with van der Waals surface area (Å²) in [5.41, 5.74) is 0. The topological polar surface area (TPSA) is 29.9 Å². The standard InChI is InChI=1S/C14H27N3/c1-12(2)6-5-7-13(3)15-9-8-14-16-10-11-17(14)4/h10-13,15H,5-9H2,1-4H3. The molecule has 0 aromatic carbocycles. The van der Waals surface area contributed by atoms with Crippen molar-refractivity contribution in [3.8, 4) is 0 Å². The first-order valence-corrected chi connectivity index (χ1v) is 6.79. The Morgan fingerprint density at radius 1 is 1.29 bits per heavy atom. The molecule has 0 aliphatic heterocycles. The highest BCUT2D eigenvalue weighted by Crippen LogP contribution is 2.08. The van der Waals surface area contributed by atoms with Crippen molar-refractivity contribution in [3.63, 3.8) is 0 Å². The van der Waals surface area contributed by atoms with Crippen LogP contribution in [0.5, 0.6) is 0 Å². The van der Waals surface area contributed by atoms with Crippen molar-refractivity contribution in [1.82, 2.24) is 14.9 Å². The third-order valence-electron chi connectivity index (χ3n) is 3.18. The minimum absolute atomic E-state index is 0.619. The molecule has 1 aromatic heterocycles. The molecule has 1 heterocycles. The molecule has 0 aliphatic carbocycles. The van der Waals surface area contributed by atoms with Crippen LogP contribution in [0, 0.1) is 5.92 Å². The van der Waals surface area contributed by atoms with E-state index in [1.54, 1.807) is 0 Å². The van der Waals surface area contributed by atoms with Crippen molar-refractivity contribution in [2.45, 2.75) is 52.5 Å². The van der Waals surface area contributed by atoms with Gasteiger partial charge in [-0.3, -0.25) is 0 Å².